The Bertz CT molecular complexity index is 541. The third kappa shape index (κ3) is 2.14. The monoisotopic (exact) mass is 270 g/mol. The van der Waals surface area contributed by atoms with Gasteiger partial charge in [-0.1, -0.05) is 24.3 Å². The van der Waals surface area contributed by atoms with Crippen molar-refractivity contribution in [2.75, 3.05) is 6.61 Å². The van der Waals surface area contributed by atoms with E-state index in [-0.39, 0.29) is 23.0 Å². The minimum atomic E-state index is -0.208. The van der Waals surface area contributed by atoms with Crippen molar-refractivity contribution < 1.29 is 14.9 Å². The molecule has 1 heterocycles. The van der Waals surface area contributed by atoms with Crippen LogP contribution in [0.25, 0.3) is 0 Å². The van der Waals surface area contributed by atoms with Crippen LogP contribution in [0.5, 0.6) is 11.5 Å². The van der Waals surface area contributed by atoms with E-state index in [4.69, 9.17) is 4.74 Å². The fourth-order valence-corrected chi connectivity index (χ4v) is 3.02. The molecule has 0 aromatic heterocycles. The zero-order valence-electron chi connectivity index (χ0n) is 11.4. The summed E-state index contributed by atoms with van der Waals surface area (Å²) in [5.41, 5.74) is 2.05. The summed E-state index contributed by atoms with van der Waals surface area (Å²) in [6, 6.07) is 14.6. The van der Waals surface area contributed by atoms with E-state index >= 15 is 0 Å². The third-order valence-electron chi connectivity index (χ3n) is 4.09. The highest BCUT2D eigenvalue weighted by Gasteiger charge is 2.41. The fraction of sp³-hybridized carbons (Fsp3) is 0.294. The van der Waals surface area contributed by atoms with Gasteiger partial charge >= 0.3 is 0 Å². The van der Waals surface area contributed by atoms with Gasteiger partial charge in [-0.25, -0.2) is 0 Å². The Kier molecular flexibility index (Phi) is 3.14. The molecule has 3 heteroatoms. The molecule has 3 rings (SSSR count). The number of phenols is 2. The Labute approximate surface area is 118 Å². The summed E-state index contributed by atoms with van der Waals surface area (Å²) in [6.07, 6.45) is 1.08. The van der Waals surface area contributed by atoms with Crippen LogP contribution in [0.4, 0.5) is 0 Å². The number of ether oxygens (including phenoxy) is 1. The molecule has 1 fully saturated rings. The van der Waals surface area contributed by atoms with Crippen LogP contribution < -0.4 is 0 Å². The van der Waals surface area contributed by atoms with Gasteiger partial charge in [0.1, 0.15) is 11.5 Å². The quantitative estimate of drug-likeness (QED) is 0.881. The predicted molar refractivity (Wildman–Crippen MR) is 77.0 cm³/mol. The fourth-order valence-electron chi connectivity index (χ4n) is 3.02. The summed E-state index contributed by atoms with van der Waals surface area (Å²) >= 11 is 0. The summed E-state index contributed by atoms with van der Waals surface area (Å²) in [5.74, 6) is 0.531. The standard InChI is InChI=1S/C17H18O3/c1-12-10-17(11-20-12,13-2-6-15(18)7-3-13)14-4-8-16(19)9-5-14/h2-9,12,18-19H,10-11H2,1H3. The first-order valence-electron chi connectivity index (χ1n) is 6.81. The second-order valence-corrected chi connectivity index (χ2v) is 5.50. The summed E-state index contributed by atoms with van der Waals surface area (Å²) in [5, 5.41) is 19.0. The van der Waals surface area contributed by atoms with Crippen molar-refractivity contribution in [1.82, 2.24) is 0 Å². The first-order chi connectivity index (χ1) is 9.60. The molecule has 20 heavy (non-hydrogen) atoms. The van der Waals surface area contributed by atoms with Crippen LogP contribution in [0.2, 0.25) is 0 Å². The van der Waals surface area contributed by atoms with E-state index in [1.165, 1.54) is 0 Å². The van der Waals surface area contributed by atoms with E-state index < -0.39 is 0 Å². The second kappa shape index (κ2) is 4.84. The van der Waals surface area contributed by atoms with Crippen LogP contribution in [-0.2, 0) is 10.2 Å². The van der Waals surface area contributed by atoms with Gasteiger partial charge < -0.3 is 14.9 Å². The highest BCUT2D eigenvalue weighted by molar-refractivity contribution is 5.44. The molecule has 1 unspecified atom stereocenters. The van der Waals surface area contributed by atoms with Crippen LogP contribution in [0, 0.1) is 0 Å². The largest absolute Gasteiger partial charge is 0.508 e. The van der Waals surface area contributed by atoms with E-state index in [0.717, 1.165) is 17.5 Å². The first kappa shape index (κ1) is 13.0. The Morgan fingerprint density at radius 2 is 1.35 bits per heavy atom. The molecule has 0 radical (unpaired) electrons. The molecule has 1 aliphatic rings. The Hall–Kier alpha value is -2.00. The molecular formula is C17H18O3. The highest BCUT2D eigenvalue weighted by atomic mass is 16.5. The predicted octanol–water partition coefficient (Wildman–Crippen LogP) is 3.19. The van der Waals surface area contributed by atoms with Crippen molar-refractivity contribution >= 4 is 0 Å². The number of hydrogen-bond donors (Lipinski definition) is 2. The molecule has 1 aliphatic heterocycles. The molecule has 0 amide bonds. The summed E-state index contributed by atoms with van der Waals surface area (Å²) in [6.45, 7) is 2.69. The van der Waals surface area contributed by atoms with E-state index in [0.29, 0.717) is 6.61 Å². The number of rotatable bonds is 2. The van der Waals surface area contributed by atoms with Crippen LogP contribution in [0.3, 0.4) is 0 Å². The van der Waals surface area contributed by atoms with E-state index in [2.05, 4.69) is 6.92 Å². The second-order valence-electron chi connectivity index (χ2n) is 5.50. The zero-order valence-corrected chi connectivity index (χ0v) is 11.4. The molecule has 2 aromatic carbocycles. The summed E-state index contributed by atoms with van der Waals surface area (Å²) in [4.78, 5) is 0. The van der Waals surface area contributed by atoms with Gasteiger partial charge in [-0.2, -0.15) is 0 Å². The zero-order chi connectivity index (χ0) is 14.2. The molecule has 0 saturated carbocycles. The van der Waals surface area contributed by atoms with Gasteiger partial charge in [0, 0.05) is 5.41 Å². The van der Waals surface area contributed by atoms with E-state index in [1.54, 1.807) is 24.3 Å². The summed E-state index contributed by atoms with van der Waals surface area (Å²) in [7, 11) is 0. The average Bonchev–Trinajstić information content (AvgIpc) is 2.84. The molecule has 1 saturated heterocycles. The molecular weight excluding hydrogens is 252 g/mol. The lowest BCUT2D eigenvalue weighted by Crippen LogP contribution is -2.28. The Morgan fingerprint density at radius 1 is 0.900 bits per heavy atom. The normalized spacial score (nSPS) is 20.9. The number of hydrogen-bond acceptors (Lipinski definition) is 3. The van der Waals surface area contributed by atoms with Crippen molar-refractivity contribution in [3.8, 4) is 11.5 Å². The minimum Gasteiger partial charge on any atom is -0.508 e. The van der Waals surface area contributed by atoms with Crippen molar-refractivity contribution in [1.29, 1.82) is 0 Å². The molecule has 2 N–H and O–H groups in total. The van der Waals surface area contributed by atoms with Gasteiger partial charge in [0.15, 0.2) is 0 Å². The smallest absolute Gasteiger partial charge is 0.115 e. The molecule has 1 atom stereocenters. The van der Waals surface area contributed by atoms with Gasteiger partial charge in [-0.15, -0.1) is 0 Å². The maximum absolute atomic E-state index is 9.48. The van der Waals surface area contributed by atoms with Gasteiger partial charge in [-0.3, -0.25) is 0 Å². The van der Waals surface area contributed by atoms with Crippen molar-refractivity contribution in [3.05, 3.63) is 59.7 Å². The molecule has 0 aliphatic carbocycles. The van der Waals surface area contributed by atoms with Crippen LogP contribution in [0.1, 0.15) is 24.5 Å². The van der Waals surface area contributed by atoms with E-state index in [1.807, 2.05) is 24.3 Å². The van der Waals surface area contributed by atoms with Gasteiger partial charge in [-0.05, 0) is 48.7 Å². The lowest BCUT2D eigenvalue weighted by molar-refractivity contribution is 0.119. The first-order valence-corrected chi connectivity index (χ1v) is 6.81. The van der Waals surface area contributed by atoms with Crippen molar-refractivity contribution in [3.63, 3.8) is 0 Å². The molecule has 104 valence electrons. The lowest BCUT2D eigenvalue weighted by atomic mass is 9.73. The molecule has 2 aromatic rings. The maximum Gasteiger partial charge on any atom is 0.115 e. The van der Waals surface area contributed by atoms with Gasteiger partial charge in [0.25, 0.3) is 0 Å². The van der Waals surface area contributed by atoms with E-state index in [9.17, 15) is 10.2 Å². The van der Waals surface area contributed by atoms with Crippen LogP contribution >= 0.6 is 0 Å². The molecule has 0 bridgehead atoms. The lowest BCUT2D eigenvalue weighted by Gasteiger charge is -2.29. The SMILES string of the molecule is CC1CC(c2ccc(O)cc2)(c2ccc(O)cc2)CO1. The minimum absolute atomic E-state index is 0.192. The Morgan fingerprint density at radius 3 is 1.70 bits per heavy atom. The maximum atomic E-state index is 9.48. The van der Waals surface area contributed by atoms with Crippen LogP contribution in [-0.4, -0.2) is 22.9 Å². The van der Waals surface area contributed by atoms with Crippen LogP contribution in [0.15, 0.2) is 48.5 Å². The van der Waals surface area contributed by atoms with Crippen molar-refractivity contribution in [2.45, 2.75) is 24.9 Å². The number of phenolic OH excluding ortho intramolecular Hbond substituents is 2. The molecule has 0 spiro atoms. The Balaban J connectivity index is 2.09. The molecule has 3 nitrogen and oxygen atoms in total. The number of benzene rings is 2. The topological polar surface area (TPSA) is 49.7 Å². The third-order valence-corrected chi connectivity index (χ3v) is 4.09. The average molecular weight is 270 g/mol. The van der Waals surface area contributed by atoms with Crippen molar-refractivity contribution in [2.24, 2.45) is 0 Å². The highest BCUT2D eigenvalue weighted by Crippen LogP contribution is 2.42. The summed E-state index contributed by atoms with van der Waals surface area (Å²) < 4.78 is 5.81. The number of aromatic hydroxyl groups is 2. The van der Waals surface area contributed by atoms with Gasteiger partial charge in [0.2, 0.25) is 0 Å². The van der Waals surface area contributed by atoms with Gasteiger partial charge in [0.05, 0.1) is 12.7 Å².